The van der Waals surface area contributed by atoms with E-state index in [1.54, 1.807) is 0 Å². The van der Waals surface area contributed by atoms with Crippen LogP contribution in [0.4, 0.5) is 13.2 Å². The van der Waals surface area contributed by atoms with Crippen LogP contribution in [0.25, 0.3) is 0 Å². The molecular weight excluding hydrogens is 423 g/mol. The molecule has 0 aliphatic carbocycles. The van der Waals surface area contributed by atoms with Crippen LogP contribution in [0.3, 0.4) is 0 Å². The summed E-state index contributed by atoms with van der Waals surface area (Å²) in [5.74, 6) is -0.316. The first-order valence-corrected chi connectivity index (χ1v) is 11.2. The average molecular weight is 447 g/mol. The fourth-order valence-corrected chi connectivity index (χ4v) is 5.20. The molecule has 0 saturated carbocycles. The molecule has 0 bridgehead atoms. The highest BCUT2D eigenvalue weighted by molar-refractivity contribution is 7.89. The van der Waals surface area contributed by atoms with Crippen molar-refractivity contribution in [2.24, 2.45) is 5.92 Å². The van der Waals surface area contributed by atoms with Gasteiger partial charge in [0.1, 0.15) is 12.1 Å². The van der Waals surface area contributed by atoms with Crippen LogP contribution in [0.15, 0.2) is 29.2 Å². The lowest BCUT2D eigenvalue weighted by Gasteiger charge is -2.44. The van der Waals surface area contributed by atoms with Gasteiger partial charge >= 0.3 is 6.18 Å². The molecule has 3 unspecified atom stereocenters. The number of halogens is 3. The Kier molecular flexibility index (Phi) is 6.15. The van der Waals surface area contributed by atoms with Crippen molar-refractivity contribution in [2.45, 2.75) is 62.3 Å². The highest BCUT2D eigenvalue weighted by Gasteiger charge is 2.44. The van der Waals surface area contributed by atoms with Crippen molar-refractivity contribution in [2.75, 3.05) is 6.54 Å². The minimum atomic E-state index is -4.66. The van der Waals surface area contributed by atoms with Gasteiger partial charge in [-0.25, -0.2) is 13.1 Å². The van der Waals surface area contributed by atoms with Gasteiger partial charge in [0.2, 0.25) is 21.8 Å². The summed E-state index contributed by atoms with van der Waals surface area (Å²) < 4.78 is 66.3. The van der Waals surface area contributed by atoms with Crippen molar-refractivity contribution < 1.29 is 31.2 Å². The summed E-state index contributed by atoms with van der Waals surface area (Å²) in [7, 11) is -4.22. The van der Waals surface area contributed by atoms with Gasteiger partial charge in [0.15, 0.2) is 0 Å². The Hall–Kier alpha value is -2.14. The maximum atomic E-state index is 12.9. The molecule has 1 aromatic carbocycles. The Labute approximate surface area is 173 Å². The van der Waals surface area contributed by atoms with Crippen LogP contribution in [0, 0.1) is 5.92 Å². The monoisotopic (exact) mass is 447 g/mol. The lowest BCUT2D eigenvalue weighted by molar-refractivity contribution is -0.152. The SMILES string of the molecule is CC(C)CC1NC(=O)C2CC(NS(=O)(=O)c3cccc(C(F)(F)F)c3)CCN2C1=O. The highest BCUT2D eigenvalue weighted by Crippen LogP contribution is 2.31. The molecule has 3 rings (SSSR count). The largest absolute Gasteiger partial charge is 0.416 e. The number of carbonyl (C=O) groups excluding carboxylic acids is 2. The number of hydrogen-bond acceptors (Lipinski definition) is 4. The maximum absolute atomic E-state index is 12.9. The van der Waals surface area contributed by atoms with Crippen molar-refractivity contribution in [3.8, 4) is 0 Å². The fourth-order valence-electron chi connectivity index (χ4n) is 3.87. The molecule has 1 aromatic rings. The number of carbonyl (C=O) groups is 2. The molecule has 2 fully saturated rings. The lowest BCUT2D eigenvalue weighted by atomic mass is 9.91. The number of amides is 2. The third kappa shape index (κ3) is 4.77. The molecule has 2 amide bonds. The van der Waals surface area contributed by atoms with Gasteiger partial charge in [-0.2, -0.15) is 13.2 Å². The Balaban J connectivity index is 1.72. The predicted molar refractivity (Wildman–Crippen MR) is 102 cm³/mol. The van der Waals surface area contributed by atoms with E-state index in [1.807, 2.05) is 13.8 Å². The summed E-state index contributed by atoms with van der Waals surface area (Å²) in [4.78, 5) is 26.1. The number of nitrogens with zero attached hydrogens (tertiary/aromatic N) is 1. The van der Waals surface area contributed by atoms with E-state index >= 15 is 0 Å². The van der Waals surface area contributed by atoms with Gasteiger partial charge in [0.25, 0.3) is 0 Å². The number of alkyl halides is 3. The Morgan fingerprint density at radius 2 is 1.97 bits per heavy atom. The van der Waals surface area contributed by atoms with E-state index in [0.717, 1.165) is 18.2 Å². The standard InChI is InChI=1S/C19H24F3N3O4S/c1-11(2)8-15-18(27)25-7-6-13(10-16(25)17(26)23-15)24-30(28,29)14-5-3-4-12(9-14)19(20,21)22/h3-5,9,11,13,15-16,24H,6-8,10H2,1-2H3,(H,23,26). The molecule has 7 nitrogen and oxygen atoms in total. The van der Waals surface area contributed by atoms with E-state index in [9.17, 15) is 31.2 Å². The number of fused-ring (bicyclic) bond motifs is 1. The normalized spacial score (nSPS) is 25.3. The number of rotatable bonds is 5. The third-order valence-electron chi connectivity index (χ3n) is 5.30. The fraction of sp³-hybridized carbons (Fsp3) is 0.579. The second kappa shape index (κ2) is 8.18. The molecule has 2 aliphatic heterocycles. The van der Waals surface area contributed by atoms with Gasteiger partial charge in [-0.15, -0.1) is 0 Å². The molecular formula is C19H24F3N3O4S. The van der Waals surface area contributed by atoms with Crippen LogP contribution in [-0.4, -0.2) is 49.8 Å². The van der Waals surface area contributed by atoms with Crippen LogP contribution in [-0.2, 0) is 25.8 Å². The van der Waals surface area contributed by atoms with Crippen molar-refractivity contribution in [1.82, 2.24) is 14.9 Å². The zero-order valence-corrected chi connectivity index (χ0v) is 17.4. The van der Waals surface area contributed by atoms with Gasteiger partial charge in [-0.1, -0.05) is 19.9 Å². The van der Waals surface area contributed by atoms with Gasteiger partial charge in [0.05, 0.1) is 10.5 Å². The molecule has 0 radical (unpaired) electrons. The average Bonchev–Trinajstić information content (AvgIpc) is 2.64. The minimum Gasteiger partial charge on any atom is -0.342 e. The van der Waals surface area contributed by atoms with Crippen LogP contribution < -0.4 is 10.0 Å². The molecule has 2 saturated heterocycles. The van der Waals surface area contributed by atoms with Crippen LogP contribution in [0.5, 0.6) is 0 Å². The van der Waals surface area contributed by atoms with Gasteiger partial charge < -0.3 is 10.2 Å². The first kappa shape index (κ1) is 22.5. The number of benzene rings is 1. The molecule has 30 heavy (non-hydrogen) atoms. The molecule has 2 aliphatic rings. The van der Waals surface area contributed by atoms with Crippen molar-refractivity contribution in [3.05, 3.63) is 29.8 Å². The number of sulfonamides is 1. The van der Waals surface area contributed by atoms with E-state index in [4.69, 9.17) is 0 Å². The Morgan fingerprint density at radius 3 is 2.60 bits per heavy atom. The number of piperidine rings is 1. The molecule has 3 atom stereocenters. The lowest BCUT2D eigenvalue weighted by Crippen LogP contribution is -2.67. The van der Waals surface area contributed by atoms with E-state index in [2.05, 4.69) is 10.0 Å². The second-order valence-corrected chi connectivity index (χ2v) is 9.82. The summed E-state index contributed by atoms with van der Waals surface area (Å²) in [6, 6.07) is 1.41. The second-order valence-electron chi connectivity index (χ2n) is 8.11. The third-order valence-corrected chi connectivity index (χ3v) is 6.82. The predicted octanol–water partition coefficient (Wildman–Crippen LogP) is 1.89. The summed E-state index contributed by atoms with van der Waals surface area (Å²) in [5.41, 5.74) is -1.06. The molecule has 0 aromatic heterocycles. The van der Waals surface area contributed by atoms with E-state index < -0.39 is 44.8 Å². The van der Waals surface area contributed by atoms with E-state index in [0.29, 0.717) is 12.5 Å². The highest BCUT2D eigenvalue weighted by atomic mass is 32.2. The first-order valence-electron chi connectivity index (χ1n) is 9.69. The van der Waals surface area contributed by atoms with E-state index in [1.165, 1.54) is 4.90 Å². The van der Waals surface area contributed by atoms with Gasteiger partial charge in [0, 0.05) is 12.6 Å². The van der Waals surface area contributed by atoms with Crippen LogP contribution >= 0.6 is 0 Å². The number of nitrogens with one attached hydrogen (secondary N) is 2. The molecule has 166 valence electrons. The summed E-state index contributed by atoms with van der Waals surface area (Å²) in [6.07, 6.45) is -3.82. The van der Waals surface area contributed by atoms with Gasteiger partial charge in [-0.3, -0.25) is 9.59 Å². The molecule has 0 spiro atoms. The Bertz CT molecular complexity index is 933. The summed E-state index contributed by atoms with van der Waals surface area (Å²) >= 11 is 0. The van der Waals surface area contributed by atoms with Crippen molar-refractivity contribution >= 4 is 21.8 Å². The van der Waals surface area contributed by atoms with Crippen molar-refractivity contribution in [1.29, 1.82) is 0 Å². The van der Waals surface area contributed by atoms with Crippen molar-refractivity contribution in [3.63, 3.8) is 0 Å². The smallest absolute Gasteiger partial charge is 0.342 e. The summed E-state index contributed by atoms with van der Waals surface area (Å²) in [5, 5.41) is 2.70. The number of piperazine rings is 1. The van der Waals surface area contributed by atoms with Crippen LogP contribution in [0.1, 0.15) is 38.7 Å². The molecule has 2 heterocycles. The molecule has 2 N–H and O–H groups in total. The van der Waals surface area contributed by atoms with Crippen LogP contribution in [0.2, 0.25) is 0 Å². The van der Waals surface area contributed by atoms with E-state index in [-0.39, 0.29) is 37.1 Å². The zero-order valence-electron chi connectivity index (χ0n) is 16.6. The zero-order chi connectivity index (χ0) is 22.3. The Morgan fingerprint density at radius 1 is 1.27 bits per heavy atom. The quantitative estimate of drug-likeness (QED) is 0.721. The topological polar surface area (TPSA) is 95.6 Å². The number of hydrogen-bond donors (Lipinski definition) is 2. The first-order chi connectivity index (χ1) is 13.9. The summed E-state index contributed by atoms with van der Waals surface area (Å²) in [6.45, 7) is 4.09. The molecule has 11 heteroatoms. The maximum Gasteiger partial charge on any atom is 0.416 e. The van der Waals surface area contributed by atoms with Gasteiger partial charge in [-0.05, 0) is 43.4 Å². The minimum absolute atomic E-state index is 0.0597.